The van der Waals surface area contributed by atoms with Gasteiger partial charge in [-0.25, -0.2) is 4.99 Å². The minimum absolute atomic E-state index is 1.15. The Morgan fingerprint density at radius 1 is 1.60 bits per heavy atom. The molecule has 10 heavy (non-hydrogen) atoms. The van der Waals surface area contributed by atoms with Gasteiger partial charge in [0.05, 0.1) is 0 Å². The molecule has 0 spiro atoms. The number of thiophene rings is 1. The highest BCUT2D eigenvalue weighted by Gasteiger charge is 1.82. The van der Waals surface area contributed by atoms with E-state index in [9.17, 15) is 0 Å². The number of hydrogen-bond acceptors (Lipinski definition) is 2. The highest BCUT2D eigenvalue weighted by molar-refractivity contribution is 7.11. The molecule has 1 aromatic rings. The van der Waals surface area contributed by atoms with Gasteiger partial charge in [0.2, 0.25) is 0 Å². The highest BCUT2D eigenvalue weighted by atomic mass is 32.1. The van der Waals surface area contributed by atoms with E-state index in [1.165, 1.54) is 6.34 Å². The van der Waals surface area contributed by atoms with Crippen molar-refractivity contribution in [2.24, 2.45) is 9.98 Å². The monoisotopic (exact) mass is 152 g/mol. The molecule has 1 heterocycles. The first-order chi connectivity index (χ1) is 4.93. The molecular weight excluding hydrogens is 144 g/mol. The summed E-state index contributed by atoms with van der Waals surface area (Å²) in [7, 11) is 1.70. The van der Waals surface area contributed by atoms with E-state index in [2.05, 4.69) is 9.98 Å². The van der Waals surface area contributed by atoms with E-state index in [-0.39, 0.29) is 0 Å². The maximum absolute atomic E-state index is 3.93. The van der Waals surface area contributed by atoms with Crippen LogP contribution in [0, 0.1) is 0 Å². The fourth-order valence-corrected chi connectivity index (χ4v) is 1.13. The maximum Gasteiger partial charge on any atom is 0.109 e. The van der Waals surface area contributed by atoms with Gasteiger partial charge < -0.3 is 0 Å². The van der Waals surface area contributed by atoms with Gasteiger partial charge in [-0.05, 0) is 11.4 Å². The van der Waals surface area contributed by atoms with E-state index < -0.39 is 0 Å². The van der Waals surface area contributed by atoms with Crippen molar-refractivity contribution in [3.63, 3.8) is 0 Å². The molecule has 52 valence electrons. The Morgan fingerprint density at radius 2 is 2.50 bits per heavy atom. The molecule has 0 saturated heterocycles. The SMILES string of the molecule is CN=CN=Cc1cccs1. The van der Waals surface area contributed by atoms with Crippen LogP contribution in [0.2, 0.25) is 0 Å². The van der Waals surface area contributed by atoms with Gasteiger partial charge in [0.15, 0.2) is 0 Å². The minimum Gasteiger partial charge on any atom is -0.277 e. The van der Waals surface area contributed by atoms with Crippen LogP contribution in [0.5, 0.6) is 0 Å². The predicted octanol–water partition coefficient (Wildman–Crippen LogP) is 1.83. The molecule has 1 aromatic heterocycles. The van der Waals surface area contributed by atoms with Crippen molar-refractivity contribution >= 4 is 23.9 Å². The van der Waals surface area contributed by atoms with Gasteiger partial charge in [0, 0.05) is 18.1 Å². The number of nitrogens with zero attached hydrogens (tertiary/aromatic N) is 2. The van der Waals surface area contributed by atoms with Crippen LogP contribution in [0.1, 0.15) is 4.88 Å². The van der Waals surface area contributed by atoms with E-state index in [0.717, 1.165) is 4.88 Å². The van der Waals surface area contributed by atoms with Crippen LogP contribution in [-0.2, 0) is 0 Å². The zero-order valence-corrected chi connectivity index (χ0v) is 6.51. The summed E-state index contributed by atoms with van der Waals surface area (Å²) in [6.07, 6.45) is 3.32. The lowest BCUT2D eigenvalue weighted by Crippen LogP contribution is -1.71. The van der Waals surface area contributed by atoms with Crippen LogP contribution in [0.4, 0.5) is 0 Å². The molecule has 0 aliphatic carbocycles. The molecule has 0 saturated carbocycles. The Balaban J connectivity index is 2.55. The molecule has 0 amide bonds. The van der Waals surface area contributed by atoms with Gasteiger partial charge in [-0.3, -0.25) is 4.99 Å². The molecule has 0 fully saturated rings. The van der Waals surface area contributed by atoms with Crippen molar-refractivity contribution in [2.45, 2.75) is 0 Å². The second-order valence-corrected chi connectivity index (χ2v) is 2.65. The van der Waals surface area contributed by atoms with E-state index in [0.29, 0.717) is 0 Å². The van der Waals surface area contributed by atoms with Gasteiger partial charge >= 0.3 is 0 Å². The fourth-order valence-electron chi connectivity index (χ4n) is 0.538. The Bertz CT molecular complexity index is 224. The molecule has 0 bridgehead atoms. The summed E-state index contributed by atoms with van der Waals surface area (Å²) in [5, 5.41) is 2.02. The second-order valence-electron chi connectivity index (χ2n) is 1.67. The summed E-state index contributed by atoms with van der Waals surface area (Å²) in [5.74, 6) is 0. The van der Waals surface area contributed by atoms with Crippen LogP contribution in [0.3, 0.4) is 0 Å². The second kappa shape index (κ2) is 3.95. The molecule has 0 N–H and O–H groups in total. The first kappa shape index (κ1) is 7.15. The summed E-state index contributed by atoms with van der Waals surface area (Å²) in [6.45, 7) is 0. The van der Waals surface area contributed by atoms with Crippen LogP contribution in [0.25, 0.3) is 0 Å². The number of hydrogen-bond donors (Lipinski definition) is 0. The summed E-state index contributed by atoms with van der Waals surface area (Å²) in [5.41, 5.74) is 0. The molecule has 1 rings (SSSR count). The molecule has 2 nitrogen and oxygen atoms in total. The van der Waals surface area contributed by atoms with E-state index in [1.807, 2.05) is 17.5 Å². The van der Waals surface area contributed by atoms with E-state index in [1.54, 1.807) is 24.6 Å². The lowest BCUT2D eigenvalue weighted by atomic mass is 10.5. The van der Waals surface area contributed by atoms with Crippen LogP contribution in [0.15, 0.2) is 27.5 Å². The Hall–Kier alpha value is -0.960. The van der Waals surface area contributed by atoms with Crippen molar-refractivity contribution in [3.05, 3.63) is 22.4 Å². The summed E-state index contributed by atoms with van der Waals surface area (Å²) in [6, 6.07) is 4.01. The quantitative estimate of drug-likeness (QED) is 0.456. The normalized spacial score (nSPS) is 11.7. The maximum atomic E-state index is 3.93. The van der Waals surface area contributed by atoms with Gasteiger partial charge in [-0.15, -0.1) is 11.3 Å². The van der Waals surface area contributed by atoms with E-state index >= 15 is 0 Å². The highest BCUT2D eigenvalue weighted by Crippen LogP contribution is 2.03. The molecule has 3 heteroatoms. The van der Waals surface area contributed by atoms with Crippen molar-refractivity contribution in [2.75, 3.05) is 7.05 Å². The lowest BCUT2D eigenvalue weighted by molar-refractivity contribution is 1.45. The predicted molar refractivity (Wildman–Crippen MR) is 46.3 cm³/mol. The summed E-state index contributed by atoms with van der Waals surface area (Å²) >= 11 is 1.66. The average molecular weight is 152 g/mol. The molecular formula is C7H8N2S. The average Bonchev–Trinajstić information content (AvgIpc) is 2.41. The van der Waals surface area contributed by atoms with Crippen LogP contribution < -0.4 is 0 Å². The van der Waals surface area contributed by atoms with Gasteiger partial charge in [0.1, 0.15) is 6.34 Å². The fraction of sp³-hybridized carbons (Fsp3) is 0.143. The van der Waals surface area contributed by atoms with Crippen molar-refractivity contribution < 1.29 is 0 Å². The van der Waals surface area contributed by atoms with Crippen molar-refractivity contribution in [1.29, 1.82) is 0 Å². The molecule has 0 radical (unpaired) electrons. The molecule has 0 aromatic carbocycles. The minimum atomic E-state index is 1.15. The van der Waals surface area contributed by atoms with Crippen molar-refractivity contribution in [3.8, 4) is 0 Å². The van der Waals surface area contributed by atoms with Gasteiger partial charge in [0.25, 0.3) is 0 Å². The third-order valence-corrected chi connectivity index (χ3v) is 1.73. The smallest absolute Gasteiger partial charge is 0.109 e. The number of aliphatic imine (C=N–C) groups is 2. The molecule has 0 aliphatic rings. The van der Waals surface area contributed by atoms with Gasteiger partial charge in [-0.1, -0.05) is 6.07 Å². The molecule has 0 unspecified atom stereocenters. The zero-order chi connectivity index (χ0) is 7.23. The van der Waals surface area contributed by atoms with Crippen molar-refractivity contribution in [1.82, 2.24) is 0 Å². The largest absolute Gasteiger partial charge is 0.277 e. The first-order valence-electron chi connectivity index (χ1n) is 2.91. The van der Waals surface area contributed by atoms with Crippen LogP contribution >= 0.6 is 11.3 Å². The van der Waals surface area contributed by atoms with Crippen LogP contribution in [-0.4, -0.2) is 19.6 Å². The number of rotatable bonds is 2. The standard InChI is InChI=1S/C7H8N2S/c1-8-6-9-5-7-3-2-4-10-7/h2-6H,1H3. The molecule has 0 atom stereocenters. The Kier molecular flexibility index (Phi) is 2.83. The summed E-state index contributed by atoms with van der Waals surface area (Å²) in [4.78, 5) is 8.80. The van der Waals surface area contributed by atoms with Gasteiger partial charge in [-0.2, -0.15) is 0 Å². The Morgan fingerprint density at radius 3 is 3.10 bits per heavy atom. The lowest BCUT2D eigenvalue weighted by Gasteiger charge is -1.76. The summed E-state index contributed by atoms with van der Waals surface area (Å²) < 4.78 is 0. The zero-order valence-electron chi connectivity index (χ0n) is 5.69. The third-order valence-electron chi connectivity index (χ3n) is 0.927. The Labute approximate surface area is 64.0 Å². The first-order valence-corrected chi connectivity index (χ1v) is 3.79. The third kappa shape index (κ3) is 2.11. The van der Waals surface area contributed by atoms with E-state index in [4.69, 9.17) is 0 Å². The topological polar surface area (TPSA) is 24.7 Å². The molecule has 0 aliphatic heterocycles.